The van der Waals surface area contributed by atoms with E-state index in [4.69, 9.17) is 0 Å². The average molecular weight is 361 g/mol. The number of hydrazine groups is 1. The van der Waals surface area contributed by atoms with E-state index in [9.17, 15) is 19.2 Å². The van der Waals surface area contributed by atoms with Crippen molar-refractivity contribution in [3.63, 3.8) is 0 Å². The van der Waals surface area contributed by atoms with Crippen LogP contribution in [0.25, 0.3) is 0 Å². The van der Waals surface area contributed by atoms with Gasteiger partial charge in [-0.3, -0.25) is 25.2 Å². The molecule has 0 spiro atoms. The lowest BCUT2D eigenvalue weighted by Gasteiger charge is -2.08. The molecule has 8 heteroatoms. The predicted molar refractivity (Wildman–Crippen MR) is 95.8 cm³/mol. The van der Waals surface area contributed by atoms with Crippen LogP contribution < -0.4 is 16.2 Å². The van der Waals surface area contributed by atoms with E-state index in [0.717, 1.165) is 23.3 Å². The highest BCUT2D eigenvalue weighted by Gasteiger charge is 2.08. The third kappa shape index (κ3) is 8.09. The van der Waals surface area contributed by atoms with Gasteiger partial charge in [-0.05, 0) is 44.0 Å². The molecule has 0 aliphatic carbocycles. The zero-order valence-corrected chi connectivity index (χ0v) is 15.0. The van der Waals surface area contributed by atoms with Gasteiger partial charge in [0.05, 0.1) is 6.61 Å². The van der Waals surface area contributed by atoms with Gasteiger partial charge in [0, 0.05) is 30.7 Å². The average Bonchev–Trinajstić information content (AvgIpc) is 2.60. The minimum Gasteiger partial charge on any atom is -0.463 e. The number of amides is 3. The highest BCUT2D eigenvalue weighted by molar-refractivity contribution is 5.96. The van der Waals surface area contributed by atoms with Crippen LogP contribution in [0.1, 0.15) is 30.9 Å². The standard InChI is InChI=1S/C18H23N3O5/c1-4-26-18(25)10-9-17(24)21-20-16(23)8-7-15(22)19-14-6-5-12(2)13(3)11-14/h5-6,9-11H,4,7-8H2,1-3H3,(H,19,22)(H,20,23)(H,21,24)/b10-9+. The van der Waals surface area contributed by atoms with Gasteiger partial charge in [-0.1, -0.05) is 6.07 Å². The largest absolute Gasteiger partial charge is 0.463 e. The van der Waals surface area contributed by atoms with E-state index in [1.54, 1.807) is 13.0 Å². The quantitative estimate of drug-likeness (QED) is 0.385. The SMILES string of the molecule is CCOC(=O)/C=C/C(=O)NNC(=O)CCC(=O)Nc1ccc(C)c(C)c1. The molecular formula is C18H23N3O5. The summed E-state index contributed by atoms with van der Waals surface area (Å²) >= 11 is 0. The number of anilines is 1. The molecule has 26 heavy (non-hydrogen) atoms. The van der Waals surface area contributed by atoms with Gasteiger partial charge in [0.2, 0.25) is 11.8 Å². The van der Waals surface area contributed by atoms with Gasteiger partial charge >= 0.3 is 5.97 Å². The maximum absolute atomic E-state index is 11.8. The molecule has 1 aromatic rings. The number of ether oxygens (including phenoxy) is 1. The van der Waals surface area contributed by atoms with Crippen LogP contribution in [0.2, 0.25) is 0 Å². The first kappa shape index (κ1) is 20.9. The molecule has 8 nitrogen and oxygen atoms in total. The van der Waals surface area contributed by atoms with Crippen molar-refractivity contribution >= 4 is 29.4 Å². The number of nitrogens with one attached hydrogen (secondary N) is 3. The van der Waals surface area contributed by atoms with Crippen LogP contribution in [0.15, 0.2) is 30.4 Å². The zero-order valence-electron chi connectivity index (χ0n) is 15.0. The summed E-state index contributed by atoms with van der Waals surface area (Å²) in [4.78, 5) is 45.9. The van der Waals surface area contributed by atoms with Crippen LogP contribution in [0.5, 0.6) is 0 Å². The first-order valence-corrected chi connectivity index (χ1v) is 8.12. The van der Waals surface area contributed by atoms with Crippen LogP contribution in [0, 0.1) is 13.8 Å². The Bertz CT molecular complexity index is 713. The number of rotatable bonds is 7. The number of esters is 1. The minimum absolute atomic E-state index is 0.0344. The molecule has 140 valence electrons. The fourth-order valence-corrected chi connectivity index (χ4v) is 1.84. The molecule has 0 heterocycles. The summed E-state index contributed by atoms with van der Waals surface area (Å²) in [6, 6.07) is 5.54. The Hall–Kier alpha value is -3.16. The summed E-state index contributed by atoms with van der Waals surface area (Å²) < 4.78 is 4.61. The summed E-state index contributed by atoms with van der Waals surface area (Å²) in [7, 11) is 0. The summed E-state index contributed by atoms with van der Waals surface area (Å²) in [5.41, 5.74) is 7.09. The fraction of sp³-hybridized carbons (Fsp3) is 0.333. The molecule has 1 rings (SSSR count). The molecule has 3 N–H and O–H groups in total. The Morgan fingerprint density at radius 1 is 0.962 bits per heavy atom. The smallest absolute Gasteiger partial charge is 0.330 e. The van der Waals surface area contributed by atoms with Crippen LogP contribution in [-0.4, -0.2) is 30.3 Å². The molecule has 0 saturated carbocycles. The Balaban J connectivity index is 2.30. The number of carbonyl (C=O) groups excluding carboxylic acids is 4. The van der Waals surface area contributed by atoms with E-state index in [-0.39, 0.29) is 25.4 Å². The first-order chi connectivity index (χ1) is 12.3. The van der Waals surface area contributed by atoms with Crippen molar-refractivity contribution in [2.24, 2.45) is 0 Å². The molecule has 0 aliphatic rings. The van der Waals surface area contributed by atoms with Crippen molar-refractivity contribution < 1.29 is 23.9 Å². The monoisotopic (exact) mass is 361 g/mol. The Morgan fingerprint density at radius 2 is 1.65 bits per heavy atom. The number of aryl methyl sites for hydroxylation is 2. The predicted octanol–water partition coefficient (Wildman–Crippen LogP) is 1.29. The van der Waals surface area contributed by atoms with Crippen molar-refractivity contribution in [1.29, 1.82) is 0 Å². The molecule has 0 saturated heterocycles. The molecule has 0 aliphatic heterocycles. The second kappa shape index (κ2) is 10.7. The van der Waals surface area contributed by atoms with Crippen molar-refractivity contribution in [3.8, 4) is 0 Å². The number of benzene rings is 1. The Labute approximate surface area is 152 Å². The van der Waals surface area contributed by atoms with Gasteiger partial charge in [-0.2, -0.15) is 0 Å². The van der Waals surface area contributed by atoms with Gasteiger partial charge in [0.15, 0.2) is 0 Å². The van der Waals surface area contributed by atoms with Crippen molar-refractivity contribution in [2.45, 2.75) is 33.6 Å². The third-order valence-corrected chi connectivity index (χ3v) is 3.35. The molecule has 0 radical (unpaired) electrons. The second-order valence-electron chi connectivity index (χ2n) is 5.47. The summed E-state index contributed by atoms with van der Waals surface area (Å²) in [6.45, 7) is 5.76. The lowest BCUT2D eigenvalue weighted by atomic mass is 10.1. The topological polar surface area (TPSA) is 114 Å². The van der Waals surface area contributed by atoms with E-state index in [0.29, 0.717) is 5.69 Å². The molecule has 0 fully saturated rings. The van der Waals surface area contributed by atoms with Crippen LogP contribution in [0.3, 0.4) is 0 Å². The van der Waals surface area contributed by atoms with Gasteiger partial charge in [0.1, 0.15) is 0 Å². The Morgan fingerprint density at radius 3 is 2.31 bits per heavy atom. The van der Waals surface area contributed by atoms with Gasteiger partial charge in [-0.25, -0.2) is 4.79 Å². The first-order valence-electron chi connectivity index (χ1n) is 8.12. The normalized spacial score (nSPS) is 10.3. The van der Waals surface area contributed by atoms with Crippen LogP contribution in [0.4, 0.5) is 5.69 Å². The highest BCUT2D eigenvalue weighted by Crippen LogP contribution is 2.14. The molecule has 0 bridgehead atoms. The van der Waals surface area contributed by atoms with E-state index in [1.807, 2.05) is 26.0 Å². The van der Waals surface area contributed by atoms with Gasteiger partial charge in [-0.15, -0.1) is 0 Å². The number of hydrogen-bond donors (Lipinski definition) is 3. The molecule has 0 unspecified atom stereocenters. The Kier molecular flexibility index (Phi) is 8.56. The van der Waals surface area contributed by atoms with Crippen molar-refractivity contribution in [3.05, 3.63) is 41.5 Å². The van der Waals surface area contributed by atoms with Crippen LogP contribution >= 0.6 is 0 Å². The lowest BCUT2D eigenvalue weighted by Crippen LogP contribution is -2.41. The highest BCUT2D eigenvalue weighted by atomic mass is 16.5. The zero-order chi connectivity index (χ0) is 19.5. The third-order valence-electron chi connectivity index (χ3n) is 3.35. The van der Waals surface area contributed by atoms with E-state index < -0.39 is 17.8 Å². The molecule has 0 aromatic heterocycles. The van der Waals surface area contributed by atoms with Crippen molar-refractivity contribution in [1.82, 2.24) is 10.9 Å². The fourth-order valence-electron chi connectivity index (χ4n) is 1.84. The molecule has 1 aromatic carbocycles. The maximum atomic E-state index is 11.8. The van der Waals surface area contributed by atoms with Gasteiger partial charge in [0.25, 0.3) is 5.91 Å². The molecule has 3 amide bonds. The maximum Gasteiger partial charge on any atom is 0.330 e. The number of hydrogen-bond acceptors (Lipinski definition) is 5. The number of carbonyl (C=O) groups is 4. The van der Waals surface area contributed by atoms with E-state index in [2.05, 4.69) is 20.9 Å². The van der Waals surface area contributed by atoms with E-state index in [1.165, 1.54) is 0 Å². The van der Waals surface area contributed by atoms with Gasteiger partial charge < -0.3 is 10.1 Å². The summed E-state index contributed by atoms with van der Waals surface area (Å²) in [5.74, 6) is -2.18. The van der Waals surface area contributed by atoms with Crippen molar-refractivity contribution in [2.75, 3.05) is 11.9 Å². The minimum atomic E-state index is -0.689. The summed E-state index contributed by atoms with van der Waals surface area (Å²) in [5, 5.41) is 2.71. The lowest BCUT2D eigenvalue weighted by molar-refractivity contribution is -0.137. The second-order valence-corrected chi connectivity index (χ2v) is 5.47. The van der Waals surface area contributed by atoms with Crippen LogP contribution in [-0.2, 0) is 23.9 Å². The summed E-state index contributed by atoms with van der Waals surface area (Å²) in [6.07, 6.45) is 1.75. The molecule has 0 atom stereocenters. The van der Waals surface area contributed by atoms with E-state index >= 15 is 0 Å². The molecular weight excluding hydrogens is 338 g/mol.